The summed E-state index contributed by atoms with van der Waals surface area (Å²) in [7, 11) is 0. The molecule has 11 rings (SSSR count). The molecule has 9 aromatic carbocycles. The first-order valence-corrected chi connectivity index (χ1v) is 19.0. The highest BCUT2D eigenvalue weighted by molar-refractivity contribution is 6.24. The second-order valence-corrected chi connectivity index (χ2v) is 14.3. The van der Waals surface area contributed by atoms with Gasteiger partial charge in [-0.2, -0.15) is 5.26 Å². The lowest BCUT2D eigenvalue weighted by atomic mass is 9.89. The predicted octanol–water partition coefficient (Wildman–Crippen LogP) is 13.0. The molecular formula is C52H31N5. The topological polar surface area (TPSA) is 67.4 Å². The molecule has 0 saturated heterocycles. The summed E-state index contributed by atoms with van der Waals surface area (Å²) in [6, 6.07) is 67.6. The van der Waals surface area contributed by atoms with Gasteiger partial charge in [0.2, 0.25) is 0 Å². The molecule has 0 N–H and O–H groups in total. The van der Waals surface area contributed by atoms with E-state index < -0.39 is 0 Å². The van der Waals surface area contributed by atoms with Crippen LogP contribution in [0.25, 0.3) is 105 Å². The van der Waals surface area contributed by atoms with Gasteiger partial charge in [-0.3, -0.25) is 0 Å². The molecule has 57 heavy (non-hydrogen) atoms. The van der Waals surface area contributed by atoms with Crippen molar-refractivity contribution in [2.75, 3.05) is 0 Å². The van der Waals surface area contributed by atoms with Crippen molar-refractivity contribution in [2.45, 2.75) is 0 Å². The van der Waals surface area contributed by atoms with Gasteiger partial charge in [-0.05, 0) is 85.9 Å². The van der Waals surface area contributed by atoms with Gasteiger partial charge in [0.1, 0.15) is 0 Å². The van der Waals surface area contributed by atoms with Crippen LogP contribution in [0.2, 0.25) is 0 Å². The minimum Gasteiger partial charge on any atom is -0.309 e. The van der Waals surface area contributed by atoms with E-state index in [1.807, 2.05) is 78.9 Å². The molecule has 0 spiro atoms. The van der Waals surface area contributed by atoms with E-state index >= 15 is 0 Å². The molecule has 0 bridgehead atoms. The van der Waals surface area contributed by atoms with Crippen molar-refractivity contribution in [3.05, 3.63) is 194 Å². The lowest BCUT2D eigenvalue weighted by molar-refractivity contribution is 1.08. The maximum absolute atomic E-state index is 9.82. The Morgan fingerprint density at radius 3 is 1.42 bits per heavy atom. The zero-order valence-electron chi connectivity index (χ0n) is 30.6. The average Bonchev–Trinajstić information content (AvgIpc) is 3.62. The van der Waals surface area contributed by atoms with Crippen molar-refractivity contribution in [2.24, 2.45) is 0 Å². The van der Waals surface area contributed by atoms with Gasteiger partial charge in [-0.1, -0.05) is 146 Å². The summed E-state index contributed by atoms with van der Waals surface area (Å²) in [5, 5.41) is 18.9. The van der Waals surface area contributed by atoms with Gasteiger partial charge in [0.05, 0.1) is 22.7 Å². The van der Waals surface area contributed by atoms with Gasteiger partial charge in [-0.25, -0.2) is 15.0 Å². The van der Waals surface area contributed by atoms with Crippen molar-refractivity contribution in [3.8, 4) is 57.0 Å². The molecule has 0 aliphatic rings. The monoisotopic (exact) mass is 725 g/mol. The van der Waals surface area contributed by atoms with Crippen molar-refractivity contribution >= 4 is 54.1 Å². The maximum atomic E-state index is 9.82. The quantitative estimate of drug-likeness (QED) is 0.166. The largest absolute Gasteiger partial charge is 0.309 e. The van der Waals surface area contributed by atoms with Crippen molar-refractivity contribution in [1.82, 2.24) is 19.5 Å². The number of benzene rings is 9. The Labute approximate surface area is 328 Å². The van der Waals surface area contributed by atoms with Crippen molar-refractivity contribution in [3.63, 3.8) is 0 Å². The van der Waals surface area contributed by atoms with E-state index in [2.05, 4.69) is 120 Å². The van der Waals surface area contributed by atoms with Crippen LogP contribution in [0.4, 0.5) is 0 Å². The molecule has 0 aliphatic heterocycles. The van der Waals surface area contributed by atoms with Crippen LogP contribution in [0.3, 0.4) is 0 Å². The molecule has 2 aromatic heterocycles. The lowest BCUT2D eigenvalue weighted by Gasteiger charge is -2.16. The molecule has 0 radical (unpaired) electrons. The Morgan fingerprint density at radius 1 is 0.351 bits per heavy atom. The van der Waals surface area contributed by atoms with E-state index in [1.54, 1.807) is 0 Å². The normalized spacial score (nSPS) is 11.5. The third kappa shape index (κ3) is 5.35. The second-order valence-electron chi connectivity index (χ2n) is 14.3. The predicted molar refractivity (Wildman–Crippen MR) is 233 cm³/mol. The van der Waals surface area contributed by atoms with Gasteiger partial charge < -0.3 is 4.57 Å². The van der Waals surface area contributed by atoms with Crippen LogP contribution < -0.4 is 0 Å². The van der Waals surface area contributed by atoms with E-state index in [-0.39, 0.29) is 0 Å². The van der Waals surface area contributed by atoms with Gasteiger partial charge in [-0.15, -0.1) is 0 Å². The van der Waals surface area contributed by atoms with Gasteiger partial charge in [0.15, 0.2) is 17.5 Å². The highest BCUT2D eigenvalue weighted by Gasteiger charge is 2.20. The van der Waals surface area contributed by atoms with Crippen LogP contribution in [0, 0.1) is 11.3 Å². The Bertz CT molecular complexity index is 3340. The summed E-state index contributed by atoms with van der Waals surface area (Å²) in [6.45, 7) is 0. The van der Waals surface area contributed by atoms with E-state index in [0.717, 1.165) is 87.6 Å². The second kappa shape index (κ2) is 13.1. The van der Waals surface area contributed by atoms with Gasteiger partial charge in [0.25, 0.3) is 0 Å². The van der Waals surface area contributed by atoms with Crippen LogP contribution in [-0.2, 0) is 0 Å². The lowest BCUT2D eigenvalue weighted by Crippen LogP contribution is -2.00. The number of para-hydroxylation sites is 1. The van der Waals surface area contributed by atoms with Crippen LogP contribution in [0.1, 0.15) is 5.56 Å². The Balaban J connectivity index is 1.18. The van der Waals surface area contributed by atoms with Crippen LogP contribution >= 0.6 is 0 Å². The van der Waals surface area contributed by atoms with Crippen LogP contribution in [0.5, 0.6) is 0 Å². The Kier molecular flexibility index (Phi) is 7.48. The molecule has 264 valence electrons. The number of hydrogen-bond donors (Lipinski definition) is 0. The standard InChI is InChI=1S/C52H31N5/c53-32-33-24-26-42-43-27-25-36(29-49(43)57(48(42)28-33)37-18-8-3-9-19-37)44-30-45-40-22-12-13-23-41(40)47(31-46(45)39-21-11-10-20-38(39)44)52-55-50(34-14-4-1-5-15-34)54-51(56-52)35-16-6-2-7-17-35/h1-31H. The zero-order valence-corrected chi connectivity index (χ0v) is 30.6. The fourth-order valence-corrected chi connectivity index (χ4v) is 8.41. The Morgan fingerprint density at radius 2 is 0.825 bits per heavy atom. The summed E-state index contributed by atoms with van der Waals surface area (Å²) in [6.07, 6.45) is 0. The molecule has 11 aromatic rings. The number of fused-ring (bicyclic) bond motifs is 8. The molecule has 0 aliphatic carbocycles. The van der Waals surface area contributed by atoms with E-state index in [4.69, 9.17) is 15.0 Å². The summed E-state index contributed by atoms with van der Waals surface area (Å²) >= 11 is 0. The first-order chi connectivity index (χ1) is 28.2. The number of nitrogens with zero attached hydrogens (tertiary/aromatic N) is 5. The first kappa shape index (κ1) is 32.5. The van der Waals surface area contributed by atoms with Gasteiger partial charge >= 0.3 is 0 Å². The SMILES string of the molecule is N#Cc1ccc2c3ccc(-c4cc5c6ccccc6c(-c6nc(-c7ccccc7)nc(-c7ccccc7)n6)cc5c5ccccc45)cc3n(-c3ccccc3)c2c1. The fraction of sp³-hybridized carbons (Fsp3) is 0. The number of hydrogen-bond acceptors (Lipinski definition) is 4. The summed E-state index contributed by atoms with van der Waals surface area (Å²) in [5.41, 5.74) is 8.89. The molecule has 0 saturated carbocycles. The summed E-state index contributed by atoms with van der Waals surface area (Å²) in [4.78, 5) is 15.3. The third-order valence-electron chi connectivity index (χ3n) is 11.0. The molecule has 5 nitrogen and oxygen atoms in total. The Hall–Kier alpha value is -7.94. The number of aromatic nitrogens is 4. The summed E-state index contributed by atoms with van der Waals surface area (Å²) in [5.74, 6) is 1.90. The van der Waals surface area contributed by atoms with E-state index in [0.29, 0.717) is 23.0 Å². The van der Waals surface area contributed by atoms with Gasteiger partial charge in [0, 0.05) is 33.2 Å². The molecule has 2 heterocycles. The number of nitriles is 1. The maximum Gasteiger partial charge on any atom is 0.164 e. The minimum absolute atomic E-state index is 0.632. The van der Waals surface area contributed by atoms with Crippen molar-refractivity contribution < 1.29 is 0 Å². The fourth-order valence-electron chi connectivity index (χ4n) is 8.41. The highest BCUT2D eigenvalue weighted by atomic mass is 15.0. The van der Waals surface area contributed by atoms with Crippen LogP contribution in [-0.4, -0.2) is 19.5 Å². The molecule has 0 amide bonds. The summed E-state index contributed by atoms with van der Waals surface area (Å²) < 4.78 is 2.28. The molecule has 5 heteroatoms. The zero-order chi connectivity index (χ0) is 37.9. The minimum atomic E-state index is 0.632. The smallest absolute Gasteiger partial charge is 0.164 e. The molecule has 0 unspecified atom stereocenters. The third-order valence-corrected chi connectivity index (χ3v) is 11.0. The highest BCUT2D eigenvalue weighted by Crippen LogP contribution is 2.43. The van der Waals surface area contributed by atoms with E-state index in [9.17, 15) is 5.26 Å². The molecule has 0 fully saturated rings. The van der Waals surface area contributed by atoms with Crippen LogP contribution in [0.15, 0.2) is 188 Å². The average molecular weight is 726 g/mol. The molecular weight excluding hydrogens is 695 g/mol. The van der Waals surface area contributed by atoms with E-state index in [1.165, 1.54) is 0 Å². The van der Waals surface area contributed by atoms with Crippen molar-refractivity contribution in [1.29, 1.82) is 5.26 Å². The number of rotatable bonds is 5. The molecule has 0 atom stereocenters. The first-order valence-electron chi connectivity index (χ1n) is 19.0.